The minimum absolute atomic E-state index is 0.0870. The Bertz CT molecular complexity index is 965. The third-order valence-electron chi connectivity index (χ3n) is 5.47. The lowest BCUT2D eigenvalue weighted by molar-refractivity contribution is -0.0718. The van der Waals surface area contributed by atoms with Crippen LogP contribution in [-0.4, -0.2) is 66.2 Å². The van der Waals surface area contributed by atoms with Crippen molar-refractivity contribution in [1.82, 2.24) is 19.9 Å². The molecule has 2 aromatic heterocycles. The Labute approximate surface area is 160 Å². The largest absolute Gasteiger partial charge is 0.394 e. The molecular weight excluding hydrogens is 366 g/mol. The summed E-state index contributed by atoms with van der Waals surface area (Å²) in [5.41, 5.74) is 4.28. The molecule has 10 heteroatoms. The number of hydrogen-bond donors (Lipinski definition) is 5. The molecule has 2 fully saturated rings. The molecule has 1 aliphatic carbocycles. The van der Waals surface area contributed by atoms with Gasteiger partial charge in [0.15, 0.2) is 11.8 Å². The summed E-state index contributed by atoms with van der Waals surface area (Å²) in [6.45, 7) is -0.549. The molecule has 2 aromatic rings. The highest BCUT2D eigenvalue weighted by Crippen LogP contribution is 2.40. The molecule has 0 aromatic carbocycles. The van der Waals surface area contributed by atoms with Crippen molar-refractivity contribution in [3.05, 3.63) is 18.1 Å². The molecule has 10 nitrogen and oxygen atoms in total. The van der Waals surface area contributed by atoms with E-state index in [1.165, 1.54) is 17.1 Å². The van der Waals surface area contributed by atoms with Crippen LogP contribution in [0.1, 0.15) is 35.8 Å². The maximum absolute atomic E-state index is 12.8. The molecule has 0 bridgehead atoms. The van der Waals surface area contributed by atoms with Crippen molar-refractivity contribution in [3.63, 3.8) is 0 Å². The van der Waals surface area contributed by atoms with E-state index in [0.29, 0.717) is 5.39 Å². The zero-order chi connectivity index (χ0) is 20.1. The molecular formula is C18H21N5O5. The summed E-state index contributed by atoms with van der Waals surface area (Å²) in [6, 6.07) is 0.0997. The fourth-order valence-corrected chi connectivity index (χ4v) is 3.63. The summed E-state index contributed by atoms with van der Waals surface area (Å²) in [4.78, 5) is 20.9. The number of nitrogens with two attached hydrogens (primary N) is 1. The van der Waals surface area contributed by atoms with Crippen LogP contribution in [0.5, 0.6) is 0 Å². The fourth-order valence-electron chi connectivity index (χ4n) is 3.63. The van der Waals surface area contributed by atoms with Crippen LogP contribution in [0.3, 0.4) is 0 Å². The number of hydrogen-bond acceptors (Lipinski definition) is 8. The Morgan fingerprint density at radius 1 is 1.50 bits per heavy atom. The standard InChI is InChI=1S/C18H21N5O5/c1-2-18(27)13(25)11(7-24)28-17(18)23-6-10(16(26)22-9-4-3-5-9)12-14(19)20-8-21-15(12)23/h1,6,8-9,11,13,17,24-25,27H,3-5,7H2,(H,22,26)(H2,19,20,21)/t11-,13-,17-,18-/m1/s1. The number of ether oxygens (including phenoxy) is 1. The molecule has 4 atom stereocenters. The molecule has 28 heavy (non-hydrogen) atoms. The van der Waals surface area contributed by atoms with Gasteiger partial charge in [-0.2, -0.15) is 0 Å². The average molecular weight is 387 g/mol. The molecule has 0 unspecified atom stereocenters. The Morgan fingerprint density at radius 3 is 2.86 bits per heavy atom. The highest BCUT2D eigenvalue weighted by Gasteiger charge is 2.55. The molecule has 3 heterocycles. The lowest BCUT2D eigenvalue weighted by Gasteiger charge is -2.26. The van der Waals surface area contributed by atoms with E-state index >= 15 is 0 Å². The number of carbonyl (C=O) groups is 1. The van der Waals surface area contributed by atoms with Crippen LogP contribution >= 0.6 is 0 Å². The van der Waals surface area contributed by atoms with Crippen molar-refractivity contribution in [2.24, 2.45) is 0 Å². The van der Waals surface area contributed by atoms with Crippen LogP contribution in [0, 0.1) is 12.3 Å². The normalized spacial score (nSPS) is 30.1. The monoisotopic (exact) mass is 387 g/mol. The second kappa shape index (κ2) is 6.72. The van der Waals surface area contributed by atoms with Crippen LogP contribution in [-0.2, 0) is 4.74 Å². The van der Waals surface area contributed by atoms with Crippen LogP contribution in [0.4, 0.5) is 5.82 Å². The van der Waals surface area contributed by atoms with Gasteiger partial charge < -0.3 is 35.7 Å². The van der Waals surface area contributed by atoms with Crippen LogP contribution in [0.25, 0.3) is 11.0 Å². The maximum Gasteiger partial charge on any atom is 0.253 e. The molecule has 4 rings (SSSR count). The Balaban J connectivity index is 1.83. The first-order valence-corrected chi connectivity index (χ1v) is 8.97. The summed E-state index contributed by atoms with van der Waals surface area (Å²) < 4.78 is 6.96. The Hall–Kier alpha value is -2.71. The van der Waals surface area contributed by atoms with Gasteiger partial charge in [0.2, 0.25) is 0 Å². The Kier molecular flexibility index (Phi) is 4.47. The molecule has 0 radical (unpaired) electrons. The fraction of sp³-hybridized carbons (Fsp3) is 0.500. The number of nitrogens with zero attached hydrogens (tertiary/aromatic N) is 3. The highest BCUT2D eigenvalue weighted by molar-refractivity contribution is 6.09. The van der Waals surface area contributed by atoms with Gasteiger partial charge in [-0.3, -0.25) is 4.79 Å². The lowest BCUT2D eigenvalue weighted by Crippen LogP contribution is -2.45. The third kappa shape index (κ3) is 2.63. The molecule has 2 aliphatic rings. The lowest BCUT2D eigenvalue weighted by atomic mass is 9.93. The number of aromatic nitrogens is 3. The first-order valence-electron chi connectivity index (χ1n) is 8.97. The third-order valence-corrected chi connectivity index (χ3v) is 5.47. The number of nitrogen functional groups attached to an aromatic ring is 1. The van der Waals surface area contributed by atoms with E-state index in [1.54, 1.807) is 0 Å². The predicted octanol–water partition coefficient (Wildman–Crippen LogP) is -1.09. The Morgan fingerprint density at radius 2 is 2.25 bits per heavy atom. The first kappa shape index (κ1) is 18.6. The van der Waals surface area contributed by atoms with E-state index in [4.69, 9.17) is 16.9 Å². The molecule has 1 amide bonds. The van der Waals surface area contributed by atoms with Crippen molar-refractivity contribution >= 4 is 22.8 Å². The van der Waals surface area contributed by atoms with Gasteiger partial charge in [-0.15, -0.1) is 6.42 Å². The second-order valence-corrected chi connectivity index (χ2v) is 7.13. The van der Waals surface area contributed by atoms with Gasteiger partial charge in [0.1, 0.15) is 30.0 Å². The zero-order valence-electron chi connectivity index (χ0n) is 14.9. The summed E-state index contributed by atoms with van der Waals surface area (Å²) in [5.74, 6) is 1.88. The van der Waals surface area contributed by atoms with Crippen molar-refractivity contribution < 1.29 is 24.9 Å². The number of nitrogens with one attached hydrogen (secondary N) is 1. The maximum atomic E-state index is 12.8. The number of aliphatic hydroxyl groups excluding tert-OH is 2. The summed E-state index contributed by atoms with van der Waals surface area (Å²) in [7, 11) is 0. The predicted molar refractivity (Wildman–Crippen MR) is 97.8 cm³/mol. The number of rotatable bonds is 4. The van der Waals surface area contributed by atoms with Crippen LogP contribution in [0.15, 0.2) is 12.5 Å². The number of terminal acetylenes is 1. The smallest absolute Gasteiger partial charge is 0.253 e. The van der Waals surface area contributed by atoms with Crippen molar-refractivity contribution in [2.45, 2.75) is 49.3 Å². The first-order chi connectivity index (χ1) is 13.4. The molecule has 1 saturated carbocycles. The minimum atomic E-state index is -2.14. The van der Waals surface area contributed by atoms with Gasteiger partial charge in [-0.05, 0) is 19.3 Å². The van der Waals surface area contributed by atoms with Crippen molar-refractivity contribution in [1.29, 1.82) is 0 Å². The molecule has 1 aliphatic heterocycles. The second-order valence-electron chi connectivity index (χ2n) is 7.13. The topological polar surface area (TPSA) is 156 Å². The summed E-state index contributed by atoms with van der Waals surface area (Å²) in [5, 5.41) is 33.8. The molecule has 0 spiro atoms. The van der Waals surface area contributed by atoms with E-state index < -0.39 is 30.6 Å². The minimum Gasteiger partial charge on any atom is -0.394 e. The van der Waals surface area contributed by atoms with Gasteiger partial charge in [0, 0.05) is 12.2 Å². The van der Waals surface area contributed by atoms with Crippen LogP contribution in [0.2, 0.25) is 0 Å². The number of amides is 1. The van der Waals surface area contributed by atoms with Gasteiger partial charge in [-0.1, -0.05) is 5.92 Å². The highest BCUT2D eigenvalue weighted by atomic mass is 16.6. The van der Waals surface area contributed by atoms with Gasteiger partial charge in [-0.25, -0.2) is 9.97 Å². The summed E-state index contributed by atoms with van der Waals surface area (Å²) >= 11 is 0. The van der Waals surface area contributed by atoms with Gasteiger partial charge in [0.05, 0.1) is 17.6 Å². The summed E-state index contributed by atoms with van der Waals surface area (Å²) in [6.07, 6.45) is 7.05. The molecule has 6 N–H and O–H groups in total. The van der Waals surface area contributed by atoms with E-state index in [2.05, 4.69) is 21.2 Å². The van der Waals surface area contributed by atoms with Crippen molar-refractivity contribution in [2.75, 3.05) is 12.3 Å². The number of anilines is 1. The molecule has 148 valence electrons. The van der Waals surface area contributed by atoms with Crippen LogP contribution < -0.4 is 11.1 Å². The van der Waals surface area contributed by atoms with E-state index in [0.717, 1.165) is 19.3 Å². The quantitative estimate of drug-likeness (QED) is 0.415. The number of aliphatic hydroxyl groups is 3. The SMILES string of the molecule is C#C[C@@]1(O)[C@H](O)[C@@H](CO)O[C@H]1n1cc(C(=O)NC2CCC2)c2c(N)ncnc21. The van der Waals surface area contributed by atoms with E-state index in [1.807, 2.05) is 0 Å². The number of carbonyl (C=O) groups excluding carboxylic acids is 1. The van der Waals surface area contributed by atoms with Gasteiger partial charge in [0.25, 0.3) is 5.91 Å². The molecule has 1 saturated heterocycles. The zero-order valence-corrected chi connectivity index (χ0v) is 14.9. The van der Waals surface area contributed by atoms with Crippen molar-refractivity contribution in [3.8, 4) is 12.3 Å². The number of fused-ring (bicyclic) bond motifs is 1. The average Bonchev–Trinajstić information content (AvgIpc) is 3.16. The van der Waals surface area contributed by atoms with Gasteiger partial charge >= 0.3 is 0 Å². The van der Waals surface area contributed by atoms with E-state index in [9.17, 15) is 20.1 Å². The van der Waals surface area contributed by atoms with E-state index in [-0.39, 0.29) is 29.0 Å².